The van der Waals surface area contributed by atoms with Gasteiger partial charge in [0.05, 0.1) is 5.41 Å². The summed E-state index contributed by atoms with van der Waals surface area (Å²) in [4.78, 5) is 78.9. The monoisotopic (exact) mass is 514 g/mol. The lowest BCUT2D eigenvalue weighted by molar-refractivity contribution is -0.175. The number of esters is 1. The fourth-order valence-electron chi connectivity index (χ4n) is 8.53. The highest BCUT2D eigenvalue weighted by Crippen LogP contribution is 2.70. The Labute approximate surface area is 217 Å². The van der Waals surface area contributed by atoms with Gasteiger partial charge in [0.1, 0.15) is 11.6 Å². The molecule has 0 amide bonds. The zero-order chi connectivity index (χ0) is 27.9. The number of rotatable bonds is 5. The highest BCUT2D eigenvalue weighted by Gasteiger charge is 2.74. The normalized spacial score (nSPS) is 39.6. The Balaban J connectivity index is 1.98. The van der Waals surface area contributed by atoms with E-state index in [4.69, 9.17) is 4.74 Å². The van der Waals surface area contributed by atoms with Gasteiger partial charge >= 0.3 is 11.9 Å². The highest BCUT2D eigenvalue weighted by atomic mass is 16.5. The van der Waals surface area contributed by atoms with Crippen molar-refractivity contribution < 1.29 is 38.6 Å². The molecule has 8 heteroatoms. The zero-order valence-electron chi connectivity index (χ0n) is 22.9. The summed E-state index contributed by atoms with van der Waals surface area (Å²) in [7, 11) is 0. The molecule has 2 saturated carbocycles. The fourth-order valence-corrected chi connectivity index (χ4v) is 8.53. The van der Waals surface area contributed by atoms with E-state index in [1.165, 1.54) is 6.92 Å². The molecule has 4 rings (SSSR count). The number of carboxylic acids is 1. The van der Waals surface area contributed by atoms with Crippen molar-refractivity contribution in [1.82, 2.24) is 0 Å². The van der Waals surface area contributed by atoms with Gasteiger partial charge in [0.2, 0.25) is 5.78 Å². The molecule has 0 saturated heterocycles. The van der Waals surface area contributed by atoms with Crippen LogP contribution in [0.4, 0.5) is 0 Å². The van der Waals surface area contributed by atoms with E-state index in [1.54, 1.807) is 13.8 Å². The highest BCUT2D eigenvalue weighted by molar-refractivity contribution is 6.18. The van der Waals surface area contributed by atoms with Crippen LogP contribution in [0.2, 0.25) is 0 Å². The second-order valence-corrected chi connectivity index (χ2v) is 12.9. The minimum atomic E-state index is -1.38. The first-order chi connectivity index (χ1) is 17.0. The number of carbonyl (C=O) groups excluding carboxylic acids is 5. The third kappa shape index (κ3) is 3.46. The van der Waals surface area contributed by atoms with Gasteiger partial charge < -0.3 is 9.84 Å². The zero-order valence-corrected chi connectivity index (χ0v) is 22.9. The van der Waals surface area contributed by atoms with Crippen LogP contribution in [0.15, 0.2) is 11.1 Å². The summed E-state index contributed by atoms with van der Waals surface area (Å²) in [5.41, 5.74) is -3.77. The summed E-state index contributed by atoms with van der Waals surface area (Å²) in [6, 6.07) is 0. The van der Waals surface area contributed by atoms with E-state index < -0.39 is 57.3 Å². The van der Waals surface area contributed by atoms with Crippen LogP contribution in [-0.4, -0.2) is 46.3 Å². The minimum absolute atomic E-state index is 0.0481. The largest absolute Gasteiger partial charge is 0.481 e. The molecule has 0 bridgehead atoms. The summed E-state index contributed by atoms with van der Waals surface area (Å²) in [5, 5.41) is 9.24. The van der Waals surface area contributed by atoms with Crippen molar-refractivity contribution in [3.05, 3.63) is 11.1 Å². The van der Waals surface area contributed by atoms with Crippen molar-refractivity contribution >= 4 is 35.1 Å². The van der Waals surface area contributed by atoms with Crippen LogP contribution in [0.5, 0.6) is 0 Å². The Hall–Kier alpha value is -2.64. The molecule has 8 nitrogen and oxygen atoms in total. The van der Waals surface area contributed by atoms with E-state index in [0.717, 1.165) is 0 Å². The third-order valence-corrected chi connectivity index (χ3v) is 10.8. The molecule has 0 aromatic carbocycles. The third-order valence-electron chi connectivity index (χ3n) is 10.8. The van der Waals surface area contributed by atoms with Gasteiger partial charge in [-0.05, 0) is 37.5 Å². The lowest BCUT2D eigenvalue weighted by atomic mass is 9.42. The number of hydrogen-bond donors (Lipinski definition) is 1. The van der Waals surface area contributed by atoms with Gasteiger partial charge in [-0.15, -0.1) is 0 Å². The van der Waals surface area contributed by atoms with Crippen molar-refractivity contribution in [2.45, 2.75) is 93.1 Å². The van der Waals surface area contributed by atoms with Crippen LogP contribution in [-0.2, 0) is 33.5 Å². The van der Waals surface area contributed by atoms with Crippen LogP contribution in [0.1, 0.15) is 87.0 Å². The van der Waals surface area contributed by atoms with Gasteiger partial charge in [-0.25, -0.2) is 0 Å². The summed E-state index contributed by atoms with van der Waals surface area (Å²) < 4.78 is 5.75. The molecule has 0 spiro atoms. The van der Waals surface area contributed by atoms with E-state index >= 15 is 0 Å². The van der Waals surface area contributed by atoms with Gasteiger partial charge in [-0.3, -0.25) is 28.8 Å². The number of Topliss-reactive ketones (excluding diaryl/α,β-unsaturated/α-hetero) is 4. The molecular formula is C29H38O8. The van der Waals surface area contributed by atoms with Gasteiger partial charge in [0.15, 0.2) is 11.9 Å². The predicted molar refractivity (Wildman–Crippen MR) is 132 cm³/mol. The fraction of sp³-hybridized carbons (Fsp3) is 0.724. The number of carbonyl (C=O) groups is 6. The van der Waals surface area contributed by atoms with Crippen LogP contribution in [0, 0.1) is 39.4 Å². The summed E-state index contributed by atoms with van der Waals surface area (Å²) in [6.07, 6.45) is -0.333. The Morgan fingerprint density at radius 1 is 1.00 bits per heavy atom. The Kier molecular flexibility index (Phi) is 6.24. The minimum Gasteiger partial charge on any atom is -0.481 e. The van der Waals surface area contributed by atoms with E-state index in [9.17, 15) is 33.9 Å². The average Bonchev–Trinajstić information content (AvgIpc) is 3.01. The first-order valence-electron chi connectivity index (χ1n) is 13.2. The first-order valence-corrected chi connectivity index (χ1v) is 13.2. The van der Waals surface area contributed by atoms with E-state index in [-0.39, 0.29) is 66.5 Å². The number of aliphatic carboxylic acids is 1. The maximum Gasteiger partial charge on any atom is 0.303 e. The maximum absolute atomic E-state index is 14.4. The molecule has 4 aliphatic carbocycles. The molecule has 0 aliphatic heterocycles. The molecule has 0 heterocycles. The molecule has 0 unspecified atom stereocenters. The number of allylic oxidation sites excluding steroid dienone is 1. The van der Waals surface area contributed by atoms with Gasteiger partial charge in [-0.2, -0.15) is 0 Å². The first kappa shape index (κ1) is 27.4. The van der Waals surface area contributed by atoms with E-state index in [1.807, 2.05) is 27.7 Å². The van der Waals surface area contributed by atoms with Gasteiger partial charge in [0.25, 0.3) is 0 Å². The predicted octanol–water partition coefficient (Wildman–Crippen LogP) is 3.88. The van der Waals surface area contributed by atoms with E-state index in [0.29, 0.717) is 6.42 Å². The number of carboxylic acid groups (broad SMARTS) is 1. The summed E-state index contributed by atoms with van der Waals surface area (Å²) in [6.45, 7) is 12.1. The number of ketones is 4. The van der Waals surface area contributed by atoms with Crippen LogP contribution in [0.25, 0.3) is 0 Å². The second kappa shape index (κ2) is 8.43. The maximum atomic E-state index is 14.4. The lowest BCUT2D eigenvalue weighted by Crippen LogP contribution is -2.64. The molecule has 7 atom stereocenters. The average molecular weight is 515 g/mol. The van der Waals surface area contributed by atoms with Crippen LogP contribution in [0.3, 0.4) is 0 Å². The van der Waals surface area contributed by atoms with Crippen molar-refractivity contribution in [2.75, 3.05) is 0 Å². The lowest BCUT2D eigenvalue weighted by Gasteiger charge is -2.59. The van der Waals surface area contributed by atoms with Crippen molar-refractivity contribution in [3.63, 3.8) is 0 Å². The number of fused-ring (bicyclic) bond motifs is 4. The molecule has 0 radical (unpaired) electrons. The van der Waals surface area contributed by atoms with Crippen LogP contribution < -0.4 is 0 Å². The molecular weight excluding hydrogens is 476 g/mol. The van der Waals surface area contributed by atoms with Crippen molar-refractivity contribution in [2.24, 2.45) is 39.4 Å². The van der Waals surface area contributed by atoms with Crippen molar-refractivity contribution in [3.8, 4) is 0 Å². The van der Waals surface area contributed by atoms with Crippen LogP contribution >= 0.6 is 0 Å². The second-order valence-electron chi connectivity index (χ2n) is 12.9. The molecule has 4 aliphatic rings. The Morgan fingerprint density at radius 2 is 1.62 bits per heavy atom. The standard InChI is InChI=1S/C29H38O8/c1-14(8-9-21(34)35)16-12-20(33)29(7)22-17(31)13-18-26(3,4)19(32)10-11-27(18,5)23(22)24(36)25(28(16,29)6)37-15(2)30/h14,16,18,25H,8-13H2,1-7H3,(H,34,35)/t14-,16-,18+,25-,27+,28+,29+/m1/s1. The van der Waals surface area contributed by atoms with Crippen molar-refractivity contribution in [1.29, 1.82) is 0 Å². The quantitative estimate of drug-likeness (QED) is 0.547. The molecule has 0 aromatic rings. The molecule has 202 valence electrons. The Bertz CT molecular complexity index is 1160. The number of hydrogen-bond acceptors (Lipinski definition) is 7. The SMILES string of the molecule is CC(=O)O[C@@H]1C(=O)C2=C(C(=O)C[C@H]3C(C)(C)C(=O)CC[C@]23C)[C@]2(C)C(=O)C[C@H]([C@H](C)CCC(=O)O)[C@@]12C. The topological polar surface area (TPSA) is 132 Å². The van der Waals surface area contributed by atoms with Gasteiger partial charge in [-0.1, -0.05) is 34.6 Å². The summed E-state index contributed by atoms with van der Waals surface area (Å²) >= 11 is 0. The molecule has 1 N–H and O–H groups in total. The smallest absolute Gasteiger partial charge is 0.303 e. The molecule has 2 fully saturated rings. The molecule has 37 heavy (non-hydrogen) atoms. The number of ether oxygens (including phenoxy) is 1. The Morgan fingerprint density at radius 3 is 2.19 bits per heavy atom. The van der Waals surface area contributed by atoms with E-state index in [2.05, 4.69) is 0 Å². The van der Waals surface area contributed by atoms with Gasteiger partial charge in [0, 0.05) is 60.0 Å². The summed E-state index contributed by atoms with van der Waals surface area (Å²) in [5.74, 6) is -3.66. The molecule has 0 aromatic heterocycles.